The molecule has 10 heavy (non-hydrogen) atoms. The molecule has 1 rings (SSSR count). The average Bonchev–Trinajstić information content (AvgIpc) is 1.79. The summed E-state index contributed by atoms with van der Waals surface area (Å²) in [5, 5.41) is 0. The fourth-order valence-corrected chi connectivity index (χ4v) is 0.959. The summed E-state index contributed by atoms with van der Waals surface area (Å²) >= 11 is 0. The van der Waals surface area contributed by atoms with Crippen molar-refractivity contribution in [2.24, 2.45) is 17.2 Å². The third kappa shape index (κ3) is 1.30. The lowest BCUT2D eigenvalue weighted by Crippen LogP contribution is -2.38. The Bertz CT molecular complexity index is 201. The second kappa shape index (κ2) is 2.02. The van der Waals surface area contributed by atoms with Gasteiger partial charge in [-0.05, 0) is 13.0 Å². The molecular formula is C7H13N3. The van der Waals surface area contributed by atoms with Crippen LogP contribution in [-0.4, -0.2) is 5.54 Å². The minimum Gasteiger partial charge on any atom is -0.400 e. The summed E-state index contributed by atoms with van der Waals surface area (Å²) in [6, 6.07) is 0. The largest absolute Gasteiger partial charge is 0.400 e. The van der Waals surface area contributed by atoms with E-state index in [0.717, 1.165) is 0 Å². The van der Waals surface area contributed by atoms with E-state index in [2.05, 4.69) is 0 Å². The van der Waals surface area contributed by atoms with Crippen molar-refractivity contribution in [2.75, 3.05) is 0 Å². The highest BCUT2D eigenvalue weighted by Gasteiger charge is 2.19. The van der Waals surface area contributed by atoms with Crippen LogP contribution in [0.25, 0.3) is 0 Å². The van der Waals surface area contributed by atoms with Crippen molar-refractivity contribution in [1.29, 1.82) is 0 Å². The van der Waals surface area contributed by atoms with Gasteiger partial charge in [0.1, 0.15) is 0 Å². The van der Waals surface area contributed by atoms with Gasteiger partial charge in [-0.25, -0.2) is 0 Å². The van der Waals surface area contributed by atoms with E-state index in [4.69, 9.17) is 17.2 Å². The smallest absolute Gasteiger partial charge is 0.0503 e. The molecule has 0 aromatic heterocycles. The summed E-state index contributed by atoms with van der Waals surface area (Å²) in [5.74, 6) is 0. The Morgan fingerprint density at radius 3 is 2.50 bits per heavy atom. The van der Waals surface area contributed by atoms with Gasteiger partial charge in [-0.3, -0.25) is 0 Å². The van der Waals surface area contributed by atoms with Crippen molar-refractivity contribution in [3.8, 4) is 0 Å². The molecular weight excluding hydrogens is 126 g/mol. The van der Waals surface area contributed by atoms with Gasteiger partial charge in [-0.2, -0.15) is 0 Å². The van der Waals surface area contributed by atoms with Gasteiger partial charge in [0.2, 0.25) is 0 Å². The van der Waals surface area contributed by atoms with Crippen molar-refractivity contribution in [1.82, 2.24) is 0 Å². The molecule has 3 heteroatoms. The first-order valence-electron chi connectivity index (χ1n) is 3.23. The van der Waals surface area contributed by atoms with Crippen molar-refractivity contribution in [2.45, 2.75) is 18.9 Å². The highest BCUT2D eigenvalue weighted by Crippen LogP contribution is 2.18. The quantitative estimate of drug-likeness (QED) is 0.434. The molecule has 0 spiro atoms. The zero-order valence-electron chi connectivity index (χ0n) is 6.09. The van der Waals surface area contributed by atoms with E-state index < -0.39 is 0 Å². The van der Waals surface area contributed by atoms with Crippen LogP contribution in [0.3, 0.4) is 0 Å². The normalized spacial score (nSPS) is 33.0. The topological polar surface area (TPSA) is 78.1 Å². The first-order valence-corrected chi connectivity index (χ1v) is 3.23. The molecule has 1 aliphatic carbocycles. The Balaban J connectivity index is 2.85. The molecule has 0 saturated heterocycles. The van der Waals surface area contributed by atoms with Crippen LogP contribution < -0.4 is 17.2 Å². The van der Waals surface area contributed by atoms with Crippen LogP contribution in [0.2, 0.25) is 0 Å². The standard InChI is InChI=1S/C7H13N3/c1-7(10)3-2-5(8)6(9)4-7/h2-3H,4,8-10H2,1H3. The monoisotopic (exact) mass is 139 g/mol. The molecule has 1 aliphatic rings. The zero-order valence-corrected chi connectivity index (χ0v) is 6.09. The van der Waals surface area contributed by atoms with E-state index >= 15 is 0 Å². The van der Waals surface area contributed by atoms with Crippen LogP contribution >= 0.6 is 0 Å². The maximum Gasteiger partial charge on any atom is 0.0503 e. The zero-order chi connectivity index (χ0) is 7.78. The lowest BCUT2D eigenvalue weighted by atomic mass is 9.92. The van der Waals surface area contributed by atoms with Gasteiger partial charge < -0.3 is 17.2 Å². The Labute approximate surface area is 60.6 Å². The van der Waals surface area contributed by atoms with E-state index in [0.29, 0.717) is 17.8 Å². The molecule has 0 fully saturated rings. The Hall–Kier alpha value is -0.960. The lowest BCUT2D eigenvalue weighted by molar-refractivity contribution is 0.564. The molecule has 6 N–H and O–H groups in total. The van der Waals surface area contributed by atoms with Crippen molar-refractivity contribution < 1.29 is 0 Å². The van der Waals surface area contributed by atoms with Crippen LogP contribution in [-0.2, 0) is 0 Å². The second-order valence-electron chi connectivity index (χ2n) is 3.00. The van der Waals surface area contributed by atoms with Gasteiger partial charge in [0.15, 0.2) is 0 Å². The SMILES string of the molecule is CC1(N)C=CC(N)=C(N)C1. The molecule has 1 atom stereocenters. The highest BCUT2D eigenvalue weighted by atomic mass is 14.8. The van der Waals surface area contributed by atoms with E-state index in [1.54, 1.807) is 6.08 Å². The van der Waals surface area contributed by atoms with Gasteiger partial charge in [0.25, 0.3) is 0 Å². The van der Waals surface area contributed by atoms with Crippen molar-refractivity contribution in [3.63, 3.8) is 0 Å². The Morgan fingerprint density at radius 1 is 1.50 bits per heavy atom. The summed E-state index contributed by atoms with van der Waals surface area (Å²) in [5.41, 5.74) is 17.9. The van der Waals surface area contributed by atoms with Gasteiger partial charge in [0, 0.05) is 17.7 Å². The fraction of sp³-hybridized carbons (Fsp3) is 0.429. The molecule has 0 heterocycles. The Kier molecular flexibility index (Phi) is 1.45. The van der Waals surface area contributed by atoms with Crippen LogP contribution in [0.5, 0.6) is 0 Å². The van der Waals surface area contributed by atoms with Gasteiger partial charge in [-0.1, -0.05) is 6.08 Å². The number of allylic oxidation sites excluding steroid dienone is 1. The number of rotatable bonds is 0. The number of hydrogen-bond acceptors (Lipinski definition) is 3. The molecule has 0 aliphatic heterocycles. The van der Waals surface area contributed by atoms with E-state index in [9.17, 15) is 0 Å². The van der Waals surface area contributed by atoms with Crippen LogP contribution in [0, 0.1) is 0 Å². The predicted octanol–water partition coefficient (Wildman–Crippen LogP) is -0.207. The average molecular weight is 139 g/mol. The molecule has 0 aromatic rings. The van der Waals surface area contributed by atoms with Crippen LogP contribution in [0.15, 0.2) is 23.5 Å². The van der Waals surface area contributed by atoms with Gasteiger partial charge in [-0.15, -0.1) is 0 Å². The van der Waals surface area contributed by atoms with E-state index in [1.165, 1.54) is 0 Å². The predicted molar refractivity (Wildman–Crippen MR) is 41.8 cm³/mol. The molecule has 0 bridgehead atoms. The molecule has 1 unspecified atom stereocenters. The molecule has 0 saturated carbocycles. The summed E-state index contributed by atoms with van der Waals surface area (Å²) in [6.07, 6.45) is 4.28. The first kappa shape index (κ1) is 7.15. The first-order chi connectivity index (χ1) is 4.51. The third-order valence-electron chi connectivity index (χ3n) is 1.59. The Morgan fingerprint density at radius 2 is 2.10 bits per heavy atom. The highest BCUT2D eigenvalue weighted by molar-refractivity contribution is 5.30. The summed E-state index contributed by atoms with van der Waals surface area (Å²) in [4.78, 5) is 0. The van der Waals surface area contributed by atoms with Crippen LogP contribution in [0.4, 0.5) is 0 Å². The summed E-state index contributed by atoms with van der Waals surface area (Å²) < 4.78 is 0. The second-order valence-corrected chi connectivity index (χ2v) is 3.00. The van der Waals surface area contributed by atoms with E-state index in [-0.39, 0.29) is 5.54 Å². The minimum atomic E-state index is -0.313. The van der Waals surface area contributed by atoms with Crippen molar-refractivity contribution >= 4 is 0 Å². The van der Waals surface area contributed by atoms with Gasteiger partial charge >= 0.3 is 0 Å². The minimum absolute atomic E-state index is 0.313. The molecule has 0 radical (unpaired) electrons. The number of nitrogens with two attached hydrogens (primary N) is 3. The maximum atomic E-state index is 5.77. The van der Waals surface area contributed by atoms with Crippen molar-refractivity contribution in [3.05, 3.63) is 23.5 Å². The molecule has 3 nitrogen and oxygen atoms in total. The van der Waals surface area contributed by atoms with Gasteiger partial charge in [0.05, 0.1) is 5.70 Å². The lowest BCUT2D eigenvalue weighted by Gasteiger charge is -2.24. The third-order valence-corrected chi connectivity index (χ3v) is 1.59. The summed E-state index contributed by atoms with van der Waals surface area (Å²) in [6.45, 7) is 1.92. The number of hydrogen-bond donors (Lipinski definition) is 3. The van der Waals surface area contributed by atoms with E-state index in [1.807, 2.05) is 13.0 Å². The fourth-order valence-electron chi connectivity index (χ4n) is 0.959. The molecule has 56 valence electrons. The summed E-state index contributed by atoms with van der Waals surface area (Å²) in [7, 11) is 0. The molecule has 0 aromatic carbocycles. The van der Waals surface area contributed by atoms with Crippen LogP contribution in [0.1, 0.15) is 13.3 Å². The molecule has 0 amide bonds. The maximum absolute atomic E-state index is 5.77.